The Morgan fingerprint density at radius 1 is 1.50 bits per heavy atom. The molecule has 0 aromatic carbocycles. The largest absolute Gasteiger partial charge is 0.444 e. The maximum Gasteiger partial charge on any atom is 0.407 e. The predicted octanol–water partition coefficient (Wildman–Crippen LogP) is 1.85. The SMILES string of the molecule is CCN1CC[C@@H](CNC(=O)OC(C)(C)C)C1. The van der Waals surface area contributed by atoms with Gasteiger partial charge in [-0.3, -0.25) is 0 Å². The number of hydrogen-bond acceptors (Lipinski definition) is 3. The number of hydrogen-bond donors (Lipinski definition) is 1. The van der Waals surface area contributed by atoms with Crippen molar-refractivity contribution in [3.63, 3.8) is 0 Å². The molecule has 0 radical (unpaired) electrons. The Labute approximate surface area is 98.3 Å². The van der Waals surface area contributed by atoms with Gasteiger partial charge in [-0.1, -0.05) is 6.92 Å². The molecule has 1 aliphatic rings. The third-order valence-corrected chi connectivity index (χ3v) is 2.75. The summed E-state index contributed by atoms with van der Waals surface area (Å²) in [5.74, 6) is 0.576. The fourth-order valence-electron chi connectivity index (χ4n) is 1.91. The molecule has 1 amide bonds. The number of carbonyl (C=O) groups is 1. The summed E-state index contributed by atoms with van der Waals surface area (Å²) in [6, 6.07) is 0. The highest BCUT2D eigenvalue weighted by Gasteiger charge is 2.22. The second-order valence-corrected chi connectivity index (χ2v) is 5.43. The van der Waals surface area contributed by atoms with Gasteiger partial charge in [0.15, 0.2) is 0 Å². The van der Waals surface area contributed by atoms with E-state index >= 15 is 0 Å². The van der Waals surface area contributed by atoms with E-state index in [1.807, 2.05) is 20.8 Å². The minimum Gasteiger partial charge on any atom is -0.444 e. The highest BCUT2D eigenvalue weighted by Crippen LogP contribution is 2.14. The summed E-state index contributed by atoms with van der Waals surface area (Å²) in [7, 11) is 0. The second-order valence-electron chi connectivity index (χ2n) is 5.43. The van der Waals surface area contributed by atoms with Crippen LogP contribution in [0.1, 0.15) is 34.1 Å². The summed E-state index contributed by atoms with van der Waals surface area (Å²) in [5.41, 5.74) is -0.408. The fraction of sp³-hybridized carbons (Fsp3) is 0.917. The van der Waals surface area contributed by atoms with Crippen molar-refractivity contribution >= 4 is 6.09 Å². The molecule has 0 aromatic rings. The monoisotopic (exact) mass is 228 g/mol. The van der Waals surface area contributed by atoms with Crippen LogP contribution in [0.2, 0.25) is 0 Å². The number of likely N-dealkylation sites (tertiary alicyclic amines) is 1. The van der Waals surface area contributed by atoms with E-state index in [1.54, 1.807) is 0 Å². The standard InChI is InChI=1S/C12H24N2O2/c1-5-14-7-6-10(9-14)8-13-11(15)16-12(2,3)4/h10H,5-9H2,1-4H3,(H,13,15)/t10-/m0/s1. The molecule has 0 bridgehead atoms. The highest BCUT2D eigenvalue weighted by molar-refractivity contribution is 5.67. The van der Waals surface area contributed by atoms with E-state index in [1.165, 1.54) is 6.42 Å². The summed E-state index contributed by atoms with van der Waals surface area (Å²) < 4.78 is 5.19. The number of amides is 1. The lowest BCUT2D eigenvalue weighted by Gasteiger charge is -2.20. The molecular weight excluding hydrogens is 204 g/mol. The van der Waals surface area contributed by atoms with Crippen molar-refractivity contribution in [1.29, 1.82) is 0 Å². The van der Waals surface area contributed by atoms with E-state index in [0.717, 1.165) is 26.2 Å². The third-order valence-electron chi connectivity index (χ3n) is 2.75. The van der Waals surface area contributed by atoms with E-state index in [4.69, 9.17) is 4.74 Å². The first-order chi connectivity index (χ1) is 7.40. The normalized spacial score (nSPS) is 22.1. The molecular formula is C12H24N2O2. The van der Waals surface area contributed by atoms with Crippen LogP contribution in [-0.4, -0.2) is 42.8 Å². The lowest BCUT2D eigenvalue weighted by Crippen LogP contribution is -2.36. The number of rotatable bonds is 3. The molecule has 4 nitrogen and oxygen atoms in total. The van der Waals surface area contributed by atoms with Gasteiger partial charge in [0.25, 0.3) is 0 Å². The molecule has 1 aliphatic heterocycles. The van der Waals surface area contributed by atoms with Gasteiger partial charge in [0.1, 0.15) is 5.60 Å². The molecule has 0 saturated carbocycles. The van der Waals surface area contributed by atoms with Crippen molar-refractivity contribution < 1.29 is 9.53 Å². The smallest absolute Gasteiger partial charge is 0.407 e. The van der Waals surface area contributed by atoms with Crippen LogP contribution in [-0.2, 0) is 4.74 Å². The Bertz CT molecular complexity index is 236. The van der Waals surface area contributed by atoms with E-state index in [9.17, 15) is 4.79 Å². The summed E-state index contributed by atoms with van der Waals surface area (Å²) >= 11 is 0. The highest BCUT2D eigenvalue weighted by atomic mass is 16.6. The van der Waals surface area contributed by atoms with Crippen molar-refractivity contribution in [2.24, 2.45) is 5.92 Å². The predicted molar refractivity (Wildman–Crippen MR) is 64.5 cm³/mol. The number of carbonyl (C=O) groups excluding carboxylic acids is 1. The topological polar surface area (TPSA) is 41.6 Å². The zero-order valence-electron chi connectivity index (χ0n) is 10.9. The summed E-state index contributed by atoms with van der Waals surface area (Å²) in [6.07, 6.45) is 0.867. The van der Waals surface area contributed by atoms with Crippen LogP contribution in [0.25, 0.3) is 0 Å². The van der Waals surface area contributed by atoms with Crippen molar-refractivity contribution in [2.45, 2.75) is 39.7 Å². The molecule has 1 heterocycles. The molecule has 1 atom stereocenters. The van der Waals surface area contributed by atoms with Crippen molar-refractivity contribution in [3.05, 3.63) is 0 Å². The second kappa shape index (κ2) is 5.53. The average Bonchev–Trinajstić information content (AvgIpc) is 2.59. The Morgan fingerprint density at radius 3 is 2.69 bits per heavy atom. The maximum absolute atomic E-state index is 11.4. The first kappa shape index (κ1) is 13.3. The van der Waals surface area contributed by atoms with Gasteiger partial charge in [-0.15, -0.1) is 0 Å². The fourth-order valence-corrected chi connectivity index (χ4v) is 1.91. The van der Waals surface area contributed by atoms with E-state index in [0.29, 0.717) is 5.92 Å². The molecule has 1 fully saturated rings. The van der Waals surface area contributed by atoms with Gasteiger partial charge in [0.05, 0.1) is 0 Å². The molecule has 1 rings (SSSR count). The molecule has 0 spiro atoms. The Morgan fingerprint density at radius 2 is 2.19 bits per heavy atom. The molecule has 0 unspecified atom stereocenters. The zero-order chi connectivity index (χ0) is 12.2. The summed E-state index contributed by atoms with van der Waals surface area (Å²) in [5, 5.41) is 2.84. The van der Waals surface area contributed by atoms with Gasteiger partial charge in [-0.25, -0.2) is 4.79 Å². The van der Waals surface area contributed by atoms with Crippen molar-refractivity contribution in [3.8, 4) is 0 Å². The van der Waals surface area contributed by atoms with E-state index < -0.39 is 5.60 Å². The van der Waals surface area contributed by atoms with E-state index in [2.05, 4.69) is 17.1 Å². The van der Waals surface area contributed by atoms with Crippen molar-refractivity contribution in [1.82, 2.24) is 10.2 Å². The zero-order valence-corrected chi connectivity index (χ0v) is 10.9. The first-order valence-electron chi connectivity index (χ1n) is 6.10. The van der Waals surface area contributed by atoms with Gasteiger partial charge in [-0.05, 0) is 46.2 Å². The van der Waals surface area contributed by atoms with Gasteiger partial charge < -0.3 is 15.0 Å². The molecule has 0 aromatic heterocycles. The van der Waals surface area contributed by atoms with Gasteiger partial charge in [0.2, 0.25) is 0 Å². The van der Waals surface area contributed by atoms with Crippen LogP contribution in [0.3, 0.4) is 0 Å². The number of nitrogens with one attached hydrogen (secondary N) is 1. The van der Waals surface area contributed by atoms with Gasteiger partial charge in [0, 0.05) is 13.1 Å². The number of alkyl carbamates (subject to hydrolysis) is 1. The van der Waals surface area contributed by atoms with Crippen LogP contribution in [0, 0.1) is 5.92 Å². The molecule has 4 heteroatoms. The molecule has 1 N–H and O–H groups in total. The van der Waals surface area contributed by atoms with Gasteiger partial charge >= 0.3 is 6.09 Å². The Hall–Kier alpha value is -0.770. The summed E-state index contributed by atoms with van der Waals surface area (Å²) in [4.78, 5) is 13.8. The van der Waals surface area contributed by atoms with Crippen molar-refractivity contribution in [2.75, 3.05) is 26.2 Å². The average molecular weight is 228 g/mol. The van der Waals surface area contributed by atoms with E-state index in [-0.39, 0.29) is 6.09 Å². The van der Waals surface area contributed by atoms with Crippen LogP contribution in [0.4, 0.5) is 4.79 Å². The quantitative estimate of drug-likeness (QED) is 0.801. The number of nitrogens with zero attached hydrogens (tertiary/aromatic N) is 1. The van der Waals surface area contributed by atoms with Crippen LogP contribution >= 0.6 is 0 Å². The Kier molecular flexibility index (Phi) is 4.59. The first-order valence-corrected chi connectivity index (χ1v) is 6.10. The minimum absolute atomic E-state index is 0.303. The molecule has 16 heavy (non-hydrogen) atoms. The van der Waals surface area contributed by atoms with Crippen LogP contribution in [0.15, 0.2) is 0 Å². The number of ether oxygens (including phenoxy) is 1. The van der Waals surface area contributed by atoms with Gasteiger partial charge in [-0.2, -0.15) is 0 Å². The summed E-state index contributed by atoms with van der Waals surface area (Å²) in [6.45, 7) is 11.9. The Balaban J connectivity index is 2.18. The third kappa shape index (κ3) is 4.84. The molecule has 1 saturated heterocycles. The lowest BCUT2D eigenvalue weighted by molar-refractivity contribution is 0.0520. The van der Waals surface area contributed by atoms with Crippen LogP contribution < -0.4 is 5.32 Å². The maximum atomic E-state index is 11.4. The lowest BCUT2D eigenvalue weighted by atomic mass is 10.1. The molecule has 94 valence electrons. The molecule has 0 aliphatic carbocycles. The van der Waals surface area contributed by atoms with Crippen LogP contribution in [0.5, 0.6) is 0 Å². The minimum atomic E-state index is -0.408.